The van der Waals surface area contributed by atoms with Crippen molar-refractivity contribution in [1.29, 1.82) is 0 Å². The van der Waals surface area contributed by atoms with Gasteiger partial charge in [0.05, 0.1) is 5.75 Å². The number of primary sulfonamides is 1. The lowest BCUT2D eigenvalue weighted by atomic mass is 10.0. The quantitative estimate of drug-likeness (QED) is 0.728. The van der Waals surface area contributed by atoms with Crippen LogP contribution in [0.4, 0.5) is 0 Å². The van der Waals surface area contributed by atoms with Gasteiger partial charge < -0.3 is 10.2 Å². The van der Waals surface area contributed by atoms with Crippen molar-refractivity contribution in [3.8, 4) is 0 Å². The lowest BCUT2D eigenvalue weighted by molar-refractivity contribution is 0.206. The second kappa shape index (κ2) is 8.65. The molecule has 1 aliphatic heterocycles. The second-order valence-corrected chi connectivity index (χ2v) is 9.32. The predicted octanol–water partition coefficient (Wildman–Crippen LogP) is 2.21. The summed E-state index contributed by atoms with van der Waals surface area (Å²) >= 11 is 0. The van der Waals surface area contributed by atoms with Crippen LogP contribution in [-0.2, 0) is 10.0 Å². The lowest BCUT2D eigenvalue weighted by Gasteiger charge is -2.32. The van der Waals surface area contributed by atoms with Gasteiger partial charge in [0, 0.05) is 18.6 Å². The molecule has 0 spiro atoms. The molecule has 26 heavy (non-hydrogen) atoms. The summed E-state index contributed by atoms with van der Waals surface area (Å²) in [4.78, 5) is 2.21. The molecule has 1 aromatic carbocycles. The van der Waals surface area contributed by atoms with E-state index < -0.39 is 10.0 Å². The standard InChI is InChI=1S/C20H31N3O2S/c1-2-17(14-16-6-4-3-5-7-16)19-15-20(19)22-18-8-10-23(11-9-18)12-13-26(21,24)25/h3-7,14,18-20,22H,2,8-13,15H2,1H3,(H2,21,24,25)/b17-14+/t19-,20+/m0/s1. The van der Waals surface area contributed by atoms with E-state index in [9.17, 15) is 8.42 Å². The van der Waals surface area contributed by atoms with Gasteiger partial charge in [-0.05, 0) is 50.3 Å². The maximum Gasteiger partial charge on any atom is 0.210 e. The topological polar surface area (TPSA) is 75.4 Å². The largest absolute Gasteiger partial charge is 0.311 e. The van der Waals surface area contributed by atoms with Crippen molar-refractivity contribution in [2.24, 2.45) is 11.1 Å². The molecule has 144 valence electrons. The van der Waals surface area contributed by atoms with Crippen LogP contribution in [-0.4, -0.2) is 50.8 Å². The highest BCUT2D eigenvalue weighted by Crippen LogP contribution is 2.40. The summed E-state index contributed by atoms with van der Waals surface area (Å²) in [6.07, 6.45) is 6.85. The van der Waals surface area contributed by atoms with Gasteiger partial charge in [-0.15, -0.1) is 0 Å². The number of nitrogens with two attached hydrogens (primary N) is 1. The van der Waals surface area contributed by atoms with Gasteiger partial charge in [-0.25, -0.2) is 13.6 Å². The molecule has 2 atom stereocenters. The SMILES string of the molecule is CC/C(=C\c1ccccc1)[C@@H]1C[C@H]1NC1CCN(CCS(N)(=O)=O)CC1. The van der Waals surface area contributed by atoms with Crippen molar-refractivity contribution < 1.29 is 8.42 Å². The summed E-state index contributed by atoms with van der Waals surface area (Å²) in [7, 11) is -3.36. The van der Waals surface area contributed by atoms with E-state index in [1.54, 1.807) is 5.57 Å². The molecule has 5 nitrogen and oxygen atoms in total. The van der Waals surface area contributed by atoms with Gasteiger partial charge in [0.15, 0.2) is 0 Å². The molecule has 1 heterocycles. The first-order valence-electron chi connectivity index (χ1n) is 9.69. The first-order chi connectivity index (χ1) is 12.4. The minimum atomic E-state index is -3.36. The number of sulfonamides is 1. The average molecular weight is 378 g/mol. The van der Waals surface area contributed by atoms with Crippen molar-refractivity contribution in [2.45, 2.75) is 44.7 Å². The van der Waals surface area contributed by atoms with Gasteiger partial charge in [0.2, 0.25) is 10.0 Å². The Hall–Kier alpha value is -1.21. The summed E-state index contributed by atoms with van der Waals surface area (Å²) in [5.74, 6) is 0.723. The predicted molar refractivity (Wildman–Crippen MR) is 107 cm³/mol. The van der Waals surface area contributed by atoms with Crippen molar-refractivity contribution in [1.82, 2.24) is 10.2 Å². The monoisotopic (exact) mass is 377 g/mol. The van der Waals surface area contributed by atoms with E-state index in [1.807, 2.05) is 0 Å². The molecule has 0 unspecified atom stereocenters. The summed E-state index contributed by atoms with van der Waals surface area (Å²) in [5, 5.41) is 8.92. The third-order valence-electron chi connectivity index (χ3n) is 5.56. The Morgan fingerprint density at radius 2 is 1.96 bits per heavy atom. The molecule has 6 heteroatoms. The maximum atomic E-state index is 11.1. The Labute approximate surface area is 157 Å². The molecule has 2 aliphatic rings. The molecule has 0 aromatic heterocycles. The Morgan fingerprint density at radius 1 is 1.27 bits per heavy atom. The summed E-state index contributed by atoms with van der Waals surface area (Å²) in [6, 6.07) is 11.7. The highest BCUT2D eigenvalue weighted by molar-refractivity contribution is 7.89. The Kier molecular flexibility index (Phi) is 6.51. The molecular formula is C20H31N3O2S. The molecule has 0 radical (unpaired) electrons. The van der Waals surface area contributed by atoms with Crippen LogP contribution in [0.3, 0.4) is 0 Å². The second-order valence-electron chi connectivity index (χ2n) is 7.58. The smallest absolute Gasteiger partial charge is 0.210 e. The summed E-state index contributed by atoms with van der Waals surface area (Å²) in [5.41, 5.74) is 2.83. The van der Waals surface area contributed by atoms with E-state index >= 15 is 0 Å². The van der Waals surface area contributed by atoms with Gasteiger partial charge in [-0.3, -0.25) is 0 Å². The van der Waals surface area contributed by atoms with Gasteiger partial charge in [-0.1, -0.05) is 48.9 Å². The first kappa shape index (κ1) is 19.5. The molecule has 1 saturated heterocycles. The van der Waals surface area contributed by atoms with Crippen LogP contribution >= 0.6 is 0 Å². The lowest BCUT2D eigenvalue weighted by Crippen LogP contribution is -2.45. The highest BCUT2D eigenvalue weighted by Gasteiger charge is 2.40. The Morgan fingerprint density at radius 3 is 2.58 bits per heavy atom. The molecular weight excluding hydrogens is 346 g/mol. The fourth-order valence-electron chi connectivity index (χ4n) is 3.91. The molecule has 2 fully saturated rings. The van der Waals surface area contributed by atoms with Crippen LogP contribution in [0.25, 0.3) is 6.08 Å². The van der Waals surface area contributed by atoms with Gasteiger partial charge >= 0.3 is 0 Å². The fraction of sp³-hybridized carbons (Fsp3) is 0.600. The molecule has 1 saturated carbocycles. The van der Waals surface area contributed by atoms with Crippen LogP contribution in [0.2, 0.25) is 0 Å². The van der Waals surface area contributed by atoms with Gasteiger partial charge in [-0.2, -0.15) is 0 Å². The summed E-state index contributed by atoms with van der Waals surface area (Å²) < 4.78 is 22.2. The maximum absolute atomic E-state index is 11.1. The zero-order valence-electron chi connectivity index (χ0n) is 15.6. The van der Waals surface area contributed by atoms with Crippen LogP contribution in [0.1, 0.15) is 38.2 Å². The molecule has 3 rings (SSSR count). The Balaban J connectivity index is 1.43. The third kappa shape index (κ3) is 5.91. The number of rotatable bonds is 8. The van der Waals surface area contributed by atoms with E-state index in [0.29, 0.717) is 24.5 Å². The average Bonchev–Trinajstić information content (AvgIpc) is 3.38. The van der Waals surface area contributed by atoms with E-state index in [4.69, 9.17) is 5.14 Å². The zero-order valence-corrected chi connectivity index (χ0v) is 16.4. The number of piperidine rings is 1. The van der Waals surface area contributed by atoms with Crippen LogP contribution in [0.15, 0.2) is 35.9 Å². The number of likely N-dealkylation sites (tertiary alicyclic amines) is 1. The van der Waals surface area contributed by atoms with Gasteiger partial charge in [0.25, 0.3) is 0 Å². The summed E-state index contributed by atoms with van der Waals surface area (Å²) in [6.45, 7) is 4.70. The van der Waals surface area contributed by atoms with Crippen molar-refractivity contribution in [3.05, 3.63) is 41.5 Å². The molecule has 1 aromatic rings. The normalized spacial score (nSPS) is 25.4. The molecule has 3 N–H and O–H groups in total. The zero-order chi connectivity index (χ0) is 18.6. The number of hydrogen-bond acceptors (Lipinski definition) is 4. The van der Waals surface area contributed by atoms with E-state index in [0.717, 1.165) is 32.4 Å². The van der Waals surface area contributed by atoms with Crippen molar-refractivity contribution >= 4 is 16.1 Å². The Bertz CT molecular complexity index is 710. The van der Waals surface area contributed by atoms with Crippen LogP contribution in [0.5, 0.6) is 0 Å². The van der Waals surface area contributed by atoms with Crippen LogP contribution in [0, 0.1) is 5.92 Å². The number of hydrogen-bond donors (Lipinski definition) is 2. The van der Waals surface area contributed by atoms with E-state index in [1.165, 1.54) is 12.0 Å². The molecule has 0 bridgehead atoms. The molecule has 1 aliphatic carbocycles. The van der Waals surface area contributed by atoms with E-state index in [-0.39, 0.29) is 5.75 Å². The minimum absolute atomic E-state index is 0.0555. The number of nitrogens with one attached hydrogen (secondary N) is 1. The first-order valence-corrected chi connectivity index (χ1v) is 11.4. The highest BCUT2D eigenvalue weighted by atomic mass is 32.2. The van der Waals surface area contributed by atoms with E-state index in [2.05, 4.69) is 53.5 Å². The number of nitrogens with zero attached hydrogens (tertiary/aromatic N) is 1. The molecule has 0 amide bonds. The van der Waals surface area contributed by atoms with Crippen LogP contribution < -0.4 is 10.5 Å². The minimum Gasteiger partial charge on any atom is -0.311 e. The third-order valence-corrected chi connectivity index (χ3v) is 6.31. The van der Waals surface area contributed by atoms with Crippen molar-refractivity contribution in [2.75, 3.05) is 25.4 Å². The van der Waals surface area contributed by atoms with Crippen molar-refractivity contribution in [3.63, 3.8) is 0 Å². The number of benzene rings is 1. The fourth-order valence-corrected chi connectivity index (χ4v) is 4.42. The van der Waals surface area contributed by atoms with Gasteiger partial charge in [0.1, 0.15) is 0 Å².